The van der Waals surface area contributed by atoms with Gasteiger partial charge >= 0.3 is 0 Å². The number of carbonyl (C=O) groups excluding carboxylic acids is 1. The van der Waals surface area contributed by atoms with Gasteiger partial charge in [0.15, 0.2) is 0 Å². The molecule has 4 heteroatoms. The molecule has 4 nitrogen and oxygen atoms in total. The Morgan fingerprint density at radius 3 is 2.12 bits per heavy atom. The Morgan fingerprint density at radius 2 is 1.44 bits per heavy atom. The molecule has 1 unspecified atom stereocenters. The van der Waals surface area contributed by atoms with Crippen LogP contribution in [-0.4, -0.2) is 50.1 Å². The van der Waals surface area contributed by atoms with E-state index in [1.807, 2.05) is 0 Å². The summed E-state index contributed by atoms with van der Waals surface area (Å²) in [7, 11) is 0. The number of nitrogens with zero attached hydrogens (tertiary/aromatic N) is 1. The summed E-state index contributed by atoms with van der Waals surface area (Å²) in [5, 5.41) is 7.36. The molecule has 0 bridgehead atoms. The molecule has 0 aromatic heterocycles. The van der Waals surface area contributed by atoms with E-state index < -0.39 is 0 Å². The van der Waals surface area contributed by atoms with E-state index >= 15 is 0 Å². The van der Waals surface area contributed by atoms with Crippen molar-refractivity contribution in [2.24, 2.45) is 17.8 Å². The Labute approximate surface area is 195 Å². The standard InChI is InChI=1S/C28H45N3O/c32-28(27-13-12-25-10-4-5-11-26(25)20-27)31-18-14-24(15-19-31)22-30-17-7-6-16-29-21-23-8-2-1-3-9-23/h4-5,10-11,23-24,27,29-30H,1-3,6-9,12-22H2. The molecule has 1 aliphatic heterocycles. The van der Waals surface area contributed by atoms with Gasteiger partial charge in [0.2, 0.25) is 5.91 Å². The molecule has 1 amide bonds. The van der Waals surface area contributed by atoms with Gasteiger partial charge in [-0.3, -0.25) is 4.79 Å². The highest BCUT2D eigenvalue weighted by atomic mass is 16.2. The molecule has 2 N–H and O–H groups in total. The minimum atomic E-state index is 0.200. The molecule has 2 fully saturated rings. The van der Waals surface area contributed by atoms with Crippen molar-refractivity contribution in [1.29, 1.82) is 0 Å². The first-order valence-electron chi connectivity index (χ1n) is 13.6. The zero-order chi connectivity index (χ0) is 22.0. The van der Waals surface area contributed by atoms with Crippen molar-refractivity contribution in [1.82, 2.24) is 15.5 Å². The SMILES string of the molecule is O=C(C1CCc2ccccc2C1)N1CCC(CNCCCCNCC2CCCCC2)CC1. The van der Waals surface area contributed by atoms with Gasteiger partial charge in [-0.2, -0.15) is 0 Å². The lowest BCUT2D eigenvalue weighted by molar-refractivity contribution is -0.137. The number of fused-ring (bicyclic) bond motifs is 1. The number of likely N-dealkylation sites (tertiary alicyclic amines) is 1. The van der Waals surface area contributed by atoms with E-state index in [2.05, 4.69) is 39.8 Å². The summed E-state index contributed by atoms with van der Waals surface area (Å²) in [6.45, 7) is 6.56. The van der Waals surface area contributed by atoms with Gasteiger partial charge in [0.1, 0.15) is 0 Å². The monoisotopic (exact) mass is 439 g/mol. The van der Waals surface area contributed by atoms with Crippen molar-refractivity contribution in [2.75, 3.05) is 39.3 Å². The van der Waals surface area contributed by atoms with E-state index in [9.17, 15) is 4.79 Å². The Morgan fingerprint density at radius 1 is 0.812 bits per heavy atom. The first-order valence-corrected chi connectivity index (χ1v) is 13.6. The van der Waals surface area contributed by atoms with Crippen molar-refractivity contribution in [3.05, 3.63) is 35.4 Å². The van der Waals surface area contributed by atoms with E-state index in [-0.39, 0.29) is 5.92 Å². The largest absolute Gasteiger partial charge is 0.342 e. The number of amides is 1. The molecule has 1 aromatic rings. The van der Waals surface area contributed by atoms with Gasteiger partial charge < -0.3 is 15.5 Å². The average Bonchev–Trinajstić information content (AvgIpc) is 2.86. The van der Waals surface area contributed by atoms with Crippen LogP contribution in [0.3, 0.4) is 0 Å². The summed E-state index contributed by atoms with van der Waals surface area (Å²) >= 11 is 0. The summed E-state index contributed by atoms with van der Waals surface area (Å²) < 4.78 is 0. The number of hydrogen-bond acceptors (Lipinski definition) is 3. The van der Waals surface area contributed by atoms with E-state index in [1.165, 1.54) is 69.2 Å². The van der Waals surface area contributed by atoms with E-state index in [4.69, 9.17) is 0 Å². The number of benzene rings is 1. The van der Waals surface area contributed by atoms with E-state index in [0.717, 1.165) is 70.1 Å². The fourth-order valence-corrected chi connectivity index (χ4v) is 6.03. The number of piperidine rings is 1. The van der Waals surface area contributed by atoms with Crippen LogP contribution >= 0.6 is 0 Å². The zero-order valence-electron chi connectivity index (χ0n) is 20.1. The maximum atomic E-state index is 13.1. The van der Waals surface area contributed by atoms with Crippen LogP contribution in [0.5, 0.6) is 0 Å². The van der Waals surface area contributed by atoms with Gasteiger partial charge in [-0.05, 0) is 107 Å². The van der Waals surface area contributed by atoms with Crippen molar-refractivity contribution < 1.29 is 4.79 Å². The second-order valence-corrected chi connectivity index (χ2v) is 10.6. The topological polar surface area (TPSA) is 44.4 Å². The van der Waals surface area contributed by atoms with E-state index in [1.54, 1.807) is 0 Å². The van der Waals surface area contributed by atoms with Crippen LogP contribution in [0.2, 0.25) is 0 Å². The molecule has 2 aliphatic carbocycles. The average molecular weight is 440 g/mol. The lowest BCUT2D eigenvalue weighted by atomic mass is 9.82. The van der Waals surface area contributed by atoms with Crippen molar-refractivity contribution in [3.63, 3.8) is 0 Å². The lowest BCUT2D eigenvalue weighted by Gasteiger charge is -2.35. The molecule has 1 heterocycles. The van der Waals surface area contributed by atoms with Gasteiger partial charge in [0, 0.05) is 19.0 Å². The zero-order valence-corrected chi connectivity index (χ0v) is 20.1. The number of nitrogens with one attached hydrogen (secondary N) is 2. The molecular formula is C28H45N3O. The Hall–Kier alpha value is -1.39. The third-order valence-electron chi connectivity index (χ3n) is 8.17. The third-order valence-corrected chi connectivity index (χ3v) is 8.17. The number of carbonyl (C=O) groups is 1. The van der Waals surface area contributed by atoms with Crippen molar-refractivity contribution in [2.45, 2.75) is 77.0 Å². The number of unbranched alkanes of at least 4 members (excludes halogenated alkanes) is 1. The molecular weight excluding hydrogens is 394 g/mol. The predicted molar refractivity (Wildman–Crippen MR) is 133 cm³/mol. The number of rotatable bonds is 10. The molecule has 0 radical (unpaired) electrons. The Bertz CT molecular complexity index is 692. The van der Waals surface area contributed by atoms with Gasteiger partial charge in [-0.15, -0.1) is 0 Å². The summed E-state index contributed by atoms with van der Waals surface area (Å²) in [5.41, 5.74) is 2.83. The smallest absolute Gasteiger partial charge is 0.226 e. The minimum absolute atomic E-state index is 0.200. The molecule has 1 saturated carbocycles. The summed E-state index contributed by atoms with van der Waals surface area (Å²) in [6, 6.07) is 8.66. The lowest BCUT2D eigenvalue weighted by Crippen LogP contribution is -2.44. The van der Waals surface area contributed by atoms with Crippen LogP contribution in [-0.2, 0) is 17.6 Å². The fourth-order valence-electron chi connectivity index (χ4n) is 6.03. The molecule has 3 aliphatic rings. The van der Waals surface area contributed by atoms with Crippen LogP contribution in [0.25, 0.3) is 0 Å². The van der Waals surface area contributed by atoms with Crippen LogP contribution < -0.4 is 10.6 Å². The molecule has 1 saturated heterocycles. The quantitative estimate of drug-likeness (QED) is 0.525. The Kier molecular flexibility index (Phi) is 9.46. The second-order valence-electron chi connectivity index (χ2n) is 10.6. The molecule has 178 valence electrons. The molecule has 1 atom stereocenters. The van der Waals surface area contributed by atoms with Gasteiger partial charge in [-0.25, -0.2) is 0 Å². The van der Waals surface area contributed by atoms with E-state index in [0.29, 0.717) is 5.91 Å². The van der Waals surface area contributed by atoms with Crippen LogP contribution in [0.15, 0.2) is 24.3 Å². The summed E-state index contributed by atoms with van der Waals surface area (Å²) in [6.07, 6.45) is 15.1. The Balaban J connectivity index is 1.03. The van der Waals surface area contributed by atoms with Crippen molar-refractivity contribution in [3.8, 4) is 0 Å². The third kappa shape index (κ3) is 7.05. The predicted octanol–water partition coefficient (Wildman–Crippen LogP) is 4.57. The first kappa shape index (κ1) is 23.8. The van der Waals surface area contributed by atoms with Crippen molar-refractivity contribution >= 4 is 5.91 Å². The molecule has 4 rings (SSSR count). The maximum absolute atomic E-state index is 13.1. The number of hydrogen-bond donors (Lipinski definition) is 2. The highest BCUT2D eigenvalue weighted by Crippen LogP contribution is 2.28. The van der Waals surface area contributed by atoms with Crippen LogP contribution in [0, 0.1) is 17.8 Å². The normalized spacial score (nSPS) is 22.6. The van der Waals surface area contributed by atoms with Crippen LogP contribution in [0.4, 0.5) is 0 Å². The van der Waals surface area contributed by atoms with Gasteiger partial charge in [0.05, 0.1) is 0 Å². The fraction of sp³-hybridized carbons (Fsp3) is 0.750. The first-order chi connectivity index (χ1) is 15.8. The second kappa shape index (κ2) is 12.7. The highest BCUT2D eigenvalue weighted by molar-refractivity contribution is 5.79. The van der Waals surface area contributed by atoms with Crippen LogP contribution in [0.1, 0.15) is 75.3 Å². The summed E-state index contributed by atoms with van der Waals surface area (Å²) in [4.78, 5) is 15.2. The van der Waals surface area contributed by atoms with Gasteiger partial charge in [-0.1, -0.05) is 43.5 Å². The maximum Gasteiger partial charge on any atom is 0.226 e. The minimum Gasteiger partial charge on any atom is -0.342 e. The van der Waals surface area contributed by atoms with Gasteiger partial charge in [0.25, 0.3) is 0 Å². The molecule has 1 aromatic carbocycles. The number of aryl methyl sites for hydroxylation is 1. The molecule has 0 spiro atoms. The molecule has 32 heavy (non-hydrogen) atoms. The summed E-state index contributed by atoms with van der Waals surface area (Å²) in [5.74, 6) is 2.28. The highest BCUT2D eigenvalue weighted by Gasteiger charge is 2.30.